The number of hydrogen-bond donors (Lipinski definition) is 1. The van der Waals surface area contributed by atoms with Gasteiger partial charge in [0, 0.05) is 5.69 Å². The molecule has 0 unspecified atom stereocenters. The summed E-state index contributed by atoms with van der Waals surface area (Å²) in [4.78, 5) is 0. The SMILES string of the molecule is Cc1cc(C=[N+](C)C)n[nH]1. The Morgan fingerprint density at radius 3 is 2.70 bits per heavy atom. The maximum absolute atomic E-state index is 4.03. The van der Waals surface area contributed by atoms with Crippen molar-refractivity contribution in [1.29, 1.82) is 0 Å². The van der Waals surface area contributed by atoms with Gasteiger partial charge in [-0.25, -0.2) is 4.58 Å². The zero-order chi connectivity index (χ0) is 7.56. The van der Waals surface area contributed by atoms with Crippen LogP contribution in [0, 0.1) is 6.92 Å². The van der Waals surface area contributed by atoms with E-state index in [4.69, 9.17) is 0 Å². The van der Waals surface area contributed by atoms with E-state index in [1.54, 1.807) is 0 Å². The van der Waals surface area contributed by atoms with E-state index in [-0.39, 0.29) is 0 Å². The molecule has 0 aliphatic carbocycles. The molecule has 1 heterocycles. The van der Waals surface area contributed by atoms with Gasteiger partial charge in [0.15, 0.2) is 6.21 Å². The summed E-state index contributed by atoms with van der Waals surface area (Å²) < 4.78 is 1.97. The molecule has 0 amide bonds. The number of aryl methyl sites for hydroxylation is 1. The number of nitrogens with zero attached hydrogens (tertiary/aromatic N) is 2. The lowest BCUT2D eigenvalue weighted by molar-refractivity contribution is -0.458. The molecule has 0 bridgehead atoms. The van der Waals surface area contributed by atoms with Crippen molar-refractivity contribution in [2.24, 2.45) is 0 Å². The Kier molecular flexibility index (Phi) is 1.85. The molecule has 0 spiro atoms. The molecular formula is C7H12N3+. The van der Waals surface area contributed by atoms with Crippen LogP contribution in [0.15, 0.2) is 6.07 Å². The third-order valence-corrected chi connectivity index (χ3v) is 1.12. The van der Waals surface area contributed by atoms with Gasteiger partial charge >= 0.3 is 0 Å². The first kappa shape index (κ1) is 6.99. The number of nitrogens with one attached hydrogen (secondary N) is 1. The molecule has 1 aromatic heterocycles. The molecule has 10 heavy (non-hydrogen) atoms. The molecule has 0 radical (unpaired) electrons. The lowest BCUT2D eigenvalue weighted by Gasteiger charge is -1.79. The van der Waals surface area contributed by atoms with Crippen molar-refractivity contribution in [3.63, 3.8) is 0 Å². The molecule has 0 saturated carbocycles. The van der Waals surface area contributed by atoms with E-state index in [0.717, 1.165) is 11.4 Å². The van der Waals surface area contributed by atoms with E-state index in [1.807, 2.05) is 37.9 Å². The molecule has 3 heteroatoms. The summed E-state index contributed by atoms with van der Waals surface area (Å²) in [5, 5.41) is 6.90. The van der Waals surface area contributed by atoms with E-state index >= 15 is 0 Å². The van der Waals surface area contributed by atoms with Crippen LogP contribution in [0.2, 0.25) is 0 Å². The number of H-pyrrole nitrogens is 1. The van der Waals surface area contributed by atoms with Crippen molar-refractivity contribution in [3.8, 4) is 0 Å². The number of aromatic amines is 1. The molecular weight excluding hydrogens is 126 g/mol. The molecule has 0 fully saturated rings. The highest BCUT2D eigenvalue weighted by Gasteiger charge is 1.95. The Hall–Kier alpha value is -1.12. The summed E-state index contributed by atoms with van der Waals surface area (Å²) in [5.74, 6) is 0. The van der Waals surface area contributed by atoms with E-state index in [0.29, 0.717) is 0 Å². The van der Waals surface area contributed by atoms with Crippen LogP contribution >= 0.6 is 0 Å². The quantitative estimate of drug-likeness (QED) is 0.442. The molecule has 0 aromatic carbocycles. The number of rotatable bonds is 1. The molecule has 1 aromatic rings. The van der Waals surface area contributed by atoms with Crippen LogP contribution in [-0.2, 0) is 0 Å². The summed E-state index contributed by atoms with van der Waals surface area (Å²) in [6.45, 7) is 1.99. The van der Waals surface area contributed by atoms with E-state index in [2.05, 4.69) is 10.2 Å². The fourth-order valence-electron chi connectivity index (χ4n) is 0.770. The predicted molar refractivity (Wildman–Crippen MR) is 40.6 cm³/mol. The van der Waals surface area contributed by atoms with Gasteiger partial charge in [0.05, 0.1) is 0 Å². The van der Waals surface area contributed by atoms with Crippen molar-refractivity contribution < 1.29 is 4.58 Å². The Labute approximate surface area is 60.4 Å². The molecule has 0 atom stereocenters. The first-order valence-corrected chi connectivity index (χ1v) is 3.22. The van der Waals surface area contributed by atoms with Gasteiger partial charge in [-0.1, -0.05) is 0 Å². The maximum atomic E-state index is 4.03. The van der Waals surface area contributed by atoms with Gasteiger partial charge in [-0.3, -0.25) is 5.10 Å². The smallest absolute Gasteiger partial charge is 0.190 e. The Balaban J connectivity index is 2.86. The second-order valence-corrected chi connectivity index (χ2v) is 2.57. The largest absolute Gasteiger partial charge is 0.282 e. The zero-order valence-corrected chi connectivity index (χ0v) is 6.55. The van der Waals surface area contributed by atoms with Crippen molar-refractivity contribution in [1.82, 2.24) is 10.2 Å². The van der Waals surface area contributed by atoms with Crippen molar-refractivity contribution in [3.05, 3.63) is 17.5 Å². The second-order valence-electron chi connectivity index (χ2n) is 2.57. The van der Waals surface area contributed by atoms with E-state index in [9.17, 15) is 0 Å². The van der Waals surface area contributed by atoms with Crippen LogP contribution in [0.3, 0.4) is 0 Å². The Morgan fingerprint density at radius 1 is 1.60 bits per heavy atom. The molecule has 0 saturated heterocycles. The average molecular weight is 138 g/mol. The van der Waals surface area contributed by atoms with Gasteiger partial charge in [-0.05, 0) is 13.0 Å². The summed E-state index contributed by atoms with van der Waals surface area (Å²) in [7, 11) is 3.95. The van der Waals surface area contributed by atoms with Crippen LogP contribution in [-0.4, -0.2) is 35.1 Å². The minimum absolute atomic E-state index is 0.975. The van der Waals surface area contributed by atoms with E-state index in [1.165, 1.54) is 0 Å². The van der Waals surface area contributed by atoms with Crippen LogP contribution in [0.5, 0.6) is 0 Å². The molecule has 3 nitrogen and oxygen atoms in total. The van der Waals surface area contributed by atoms with Gasteiger partial charge in [-0.15, -0.1) is 0 Å². The van der Waals surface area contributed by atoms with Crippen molar-refractivity contribution in [2.75, 3.05) is 14.1 Å². The summed E-state index contributed by atoms with van der Waals surface area (Å²) in [6, 6.07) is 2.00. The summed E-state index contributed by atoms with van der Waals surface area (Å²) in [6.07, 6.45) is 1.96. The van der Waals surface area contributed by atoms with Gasteiger partial charge < -0.3 is 0 Å². The van der Waals surface area contributed by atoms with Gasteiger partial charge in [-0.2, -0.15) is 5.10 Å². The minimum atomic E-state index is 0.975. The fraction of sp³-hybridized carbons (Fsp3) is 0.429. The van der Waals surface area contributed by atoms with Crippen molar-refractivity contribution in [2.45, 2.75) is 6.92 Å². The van der Waals surface area contributed by atoms with Crippen molar-refractivity contribution >= 4 is 6.21 Å². The highest BCUT2D eigenvalue weighted by molar-refractivity contribution is 5.72. The minimum Gasteiger partial charge on any atom is -0.282 e. The second kappa shape index (κ2) is 2.64. The fourth-order valence-corrected chi connectivity index (χ4v) is 0.770. The Morgan fingerprint density at radius 2 is 2.30 bits per heavy atom. The standard InChI is InChI=1S/C7H11N3/c1-6-4-7(9-8-6)5-10(2)3/h4-5H,1-3H3/p+1. The van der Waals surface area contributed by atoms with Gasteiger partial charge in [0.1, 0.15) is 19.8 Å². The number of aromatic nitrogens is 2. The first-order chi connectivity index (χ1) is 4.68. The molecule has 0 aliphatic rings. The van der Waals surface area contributed by atoms with Crippen LogP contribution in [0.25, 0.3) is 0 Å². The van der Waals surface area contributed by atoms with E-state index < -0.39 is 0 Å². The lowest BCUT2D eigenvalue weighted by Crippen LogP contribution is -1.99. The van der Waals surface area contributed by atoms with Gasteiger partial charge in [0.25, 0.3) is 0 Å². The highest BCUT2D eigenvalue weighted by Crippen LogP contribution is 1.92. The van der Waals surface area contributed by atoms with Crippen LogP contribution in [0.1, 0.15) is 11.4 Å². The molecule has 1 rings (SSSR count). The molecule has 54 valence electrons. The van der Waals surface area contributed by atoms with Gasteiger partial charge in [0.2, 0.25) is 0 Å². The first-order valence-electron chi connectivity index (χ1n) is 3.22. The summed E-state index contributed by atoms with van der Waals surface area (Å²) >= 11 is 0. The van der Waals surface area contributed by atoms with Crippen LogP contribution < -0.4 is 0 Å². The Bertz CT molecular complexity index is 243. The average Bonchev–Trinajstić information content (AvgIpc) is 2.13. The third kappa shape index (κ3) is 1.69. The zero-order valence-electron chi connectivity index (χ0n) is 6.55. The topological polar surface area (TPSA) is 31.7 Å². The molecule has 1 N–H and O–H groups in total. The predicted octanol–water partition coefficient (Wildman–Crippen LogP) is 0.409. The normalized spacial score (nSPS) is 9.50. The molecule has 0 aliphatic heterocycles. The lowest BCUT2D eigenvalue weighted by atomic mass is 10.4. The summed E-state index contributed by atoms with van der Waals surface area (Å²) in [5.41, 5.74) is 2.07. The monoisotopic (exact) mass is 138 g/mol. The number of hydrogen-bond acceptors (Lipinski definition) is 1. The highest BCUT2D eigenvalue weighted by atomic mass is 15.1. The van der Waals surface area contributed by atoms with Crippen LogP contribution in [0.4, 0.5) is 0 Å². The maximum Gasteiger partial charge on any atom is 0.190 e. The third-order valence-electron chi connectivity index (χ3n) is 1.12.